The van der Waals surface area contributed by atoms with Crippen LogP contribution in [0, 0.1) is 24.0 Å². The second kappa shape index (κ2) is 10.2. The van der Waals surface area contributed by atoms with Crippen LogP contribution in [0.5, 0.6) is 11.8 Å². The Hall–Kier alpha value is -4.10. The van der Waals surface area contributed by atoms with Crippen molar-refractivity contribution in [3.63, 3.8) is 0 Å². The first kappa shape index (κ1) is 27.4. The highest BCUT2D eigenvalue weighted by Crippen LogP contribution is 2.44. The Labute approximate surface area is 253 Å². The van der Waals surface area contributed by atoms with Crippen LogP contribution in [-0.2, 0) is 6.42 Å². The zero-order chi connectivity index (χ0) is 30.2. The highest BCUT2D eigenvalue weighted by Gasteiger charge is 2.49. The van der Waals surface area contributed by atoms with E-state index >= 15 is 4.39 Å². The highest BCUT2D eigenvalue weighted by atomic mass is 19.1. The lowest BCUT2D eigenvalue weighted by Crippen LogP contribution is -2.43. The topological polar surface area (TPSA) is 74.6 Å². The number of hydrogen-bond acceptors (Lipinski definition) is 7. The van der Waals surface area contributed by atoms with E-state index in [1.165, 1.54) is 24.3 Å². The molecule has 2 aromatic heterocycles. The molecule has 4 aliphatic rings. The summed E-state index contributed by atoms with van der Waals surface area (Å²) in [4.78, 5) is 18.7. The molecule has 4 aromatic rings. The van der Waals surface area contributed by atoms with Gasteiger partial charge in [-0.05, 0) is 75.1 Å². The van der Waals surface area contributed by atoms with Crippen molar-refractivity contribution in [2.45, 2.75) is 69.1 Å². The largest absolute Gasteiger partial charge is 0.508 e. The van der Waals surface area contributed by atoms with E-state index < -0.39 is 23.3 Å². The molecule has 7 nitrogen and oxygen atoms in total. The van der Waals surface area contributed by atoms with Crippen LogP contribution < -0.4 is 9.64 Å². The van der Waals surface area contributed by atoms with Crippen LogP contribution >= 0.6 is 0 Å². The molecule has 1 N–H and O–H groups in total. The van der Waals surface area contributed by atoms with Gasteiger partial charge in [-0.15, -0.1) is 6.42 Å². The normalized spacial score (nSPS) is 24.7. The third kappa shape index (κ3) is 4.20. The van der Waals surface area contributed by atoms with Crippen molar-refractivity contribution in [3.05, 3.63) is 47.2 Å². The monoisotopic (exact) mass is 599 g/mol. The number of ether oxygens (including phenoxy) is 1. The molecule has 6 heterocycles. The Bertz CT molecular complexity index is 1880. The number of aromatic hydroxyl groups is 1. The number of hydrogen-bond donors (Lipinski definition) is 1. The number of fused-ring (bicyclic) bond motifs is 4. The summed E-state index contributed by atoms with van der Waals surface area (Å²) >= 11 is 0. The van der Waals surface area contributed by atoms with E-state index in [2.05, 4.69) is 20.7 Å². The molecule has 0 saturated carbocycles. The van der Waals surface area contributed by atoms with Gasteiger partial charge < -0.3 is 14.7 Å². The fourth-order valence-electron chi connectivity index (χ4n) is 8.12. The molecule has 0 radical (unpaired) electrons. The molecule has 10 heteroatoms. The number of phenolic OH excluding ortho intramolecular Hbond substituents is 1. The standard InChI is InChI=1S/C34H32F3N5O2/c1-2-23-25(36)9-7-19-14-22(43)15-24(27(19)23)30-29(37)31-28-26(38-30)10-8-21-6-3-4-13-42(21)32(28)40-33(39-31)44-18-34-11-5-12-41(34)17-20(35)16-34/h1,7,9,14-15,20-21,43H,3-6,8,10-13,16-18H2/t20-,21?,34+/m1/s1. The summed E-state index contributed by atoms with van der Waals surface area (Å²) in [6, 6.07) is 5.83. The minimum absolute atomic E-state index is 0.0303. The number of phenols is 1. The number of nitrogens with zero attached hydrogens (tertiary/aromatic N) is 5. The SMILES string of the molecule is C#Cc1c(F)ccc2cc(O)cc(-c3nc4c5c(nc(OC[C@@]67CCCN6C[C@H](F)C7)nc5c3F)N3CCCCC3CC4)c12. The number of anilines is 1. The Morgan fingerprint density at radius 1 is 1.07 bits per heavy atom. The van der Waals surface area contributed by atoms with Crippen LogP contribution in [0.3, 0.4) is 0 Å². The maximum atomic E-state index is 16.9. The molecule has 226 valence electrons. The number of terminal acetylenes is 1. The van der Waals surface area contributed by atoms with E-state index in [0.717, 1.165) is 51.6 Å². The van der Waals surface area contributed by atoms with E-state index in [9.17, 15) is 13.9 Å². The summed E-state index contributed by atoms with van der Waals surface area (Å²) in [5.41, 5.74) is 0.372. The Balaban J connectivity index is 1.33. The van der Waals surface area contributed by atoms with Crippen LogP contribution in [0.2, 0.25) is 0 Å². The molecule has 2 aromatic carbocycles. The lowest BCUT2D eigenvalue weighted by Gasteiger charge is -2.36. The number of aryl methyl sites for hydroxylation is 1. The molecule has 4 aliphatic heterocycles. The molecule has 1 unspecified atom stereocenters. The number of rotatable bonds is 4. The van der Waals surface area contributed by atoms with Crippen molar-refractivity contribution < 1.29 is 23.0 Å². The second-order valence-electron chi connectivity index (χ2n) is 12.7. The van der Waals surface area contributed by atoms with Crippen molar-refractivity contribution in [1.82, 2.24) is 19.9 Å². The van der Waals surface area contributed by atoms with Crippen molar-refractivity contribution >= 4 is 27.5 Å². The molecule has 8 rings (SSSR count). The van der Waals surface area contributed by atoms with E-state index in [-0.39, 0.29) is 46.7 Å². The third-order valence-corrected chi connectivity index (χ3v) is 10.1. The van der Waals surface area contributed by atoms with Gasteiger partial charge in [0.15, 0.2) is 5.82 Å². The summed E-state index contributed by atoms with van der Waals surface area (Å²) in [5.74, 6) is 1.54. The van der Waals surface area contributed by atoms with Crippen LogP contribution in [0.4, 0.5) is 19.0 Å². The molecule has 0 spiro atoms. The average Bonchev–Trinajstić information content (AvgIpc) is 3.49. The van der Waals surface area contributed by atoms with Crippen molar-refractivity contribution in [2.75, 3.05) is 31.1 Å². The van der Waals surface area contributed by atoms with Gasteiger partial charge in [-0.1, -0.05) is 12.0 Å². The van der Waals surface area contributed by atoms with Gasteiger partial charge in [-0.3, -0.25) is 4.90 Å². The molecule has 0 amide bonds. The summed E-state index contributed by atoms with van der Waals surface area (Å²) in [6.45, 7) is 2.22. The van der Waals surface area contributed by atoms with E-state index in [0.29, 0.717) is 47.1 Å². The zero-order valence-electron chi connectivity index (χ0n) is 24.3. The Morgan fingerprint density at radius 2 is 1.95 bits per heavy atom. The molecule has 3 atom stereocenters. The number of alkyl halides is 1. The molecule has 0 bridgehead atoms. The van der Waals surface area contributed by atoms with Gasteiger partial charge in [0.1, 0.15) is 41.4 Å². The minimum atomic E-state index is -0.904. The van der Waals surface area contributed by atoms with Gasteiger partial charge in [-0.25, -0.2) is 18.2 Å². The Morgan fingerprint density at radius 3 is 2.82 bits per heavy atom. The summed E-state index contributed by atoms with van der Waals surface area (Å²) < 4.78 is 52.5. The van der Waals surface area contributed by atoms with Gasteiger partial charge >= 0.3 is 6.01 Å². The molecule has 44 heavy (non-hydrogen) atoms. The third-order valence-electron chi connectivity index (χ3n) is 10.1. The molecular weight excluding hydrogens is 567 g/mol. The number of benzene rings is 2. The molecule has 0 aliphatic carbocycles. The van der Waals surface area contributed by atoms with Gasteiger partial charge in [0.25, 0.3) is 0 Å². The first-order chi connectivity index (χ1) is 21.3. The Kier molecular flexibility index (Phi) is 6.38. The number of halogens is 3. The lowest BCUT2D eigenvalue weighted by molar-refractivity contribution is 0.107. The van der Waals surface area contributed by atoms with Gasteiger partial charge in [0.05, 0.1) is 22.2 Å². The zero-order valence-corrected chi connectivity index (χ0v) is 24.3. The van der Waals surface area contributed by atoms with E-state index in [4.69, 9.17) is 21.1 Å². The second-order valence-corrected chi connectivity index (χ2v) is 12.7. The van der Waals surface area contributed by atoms with Crippen molar-refractivity contribution in [2.24, 2.45) is 0 Å². The first-order valence-electron chi connectivity index (χ1n) is 15.5. The van der Waals surface area contributed by atoms with Crippen molar-refractivity contribution in [3.8, 4) is 35.4 Å². The van der Waals surface area contributed by atoms with Crippen molar-refractivity contribution in [1.29, 1.82) is 0 Å². The minimum Gasteiger partial charge on any atom is -0.508 e. The predicted molar refractivity (Wildman–Crippen MR) is 162 cm³/mol. The van der Waals surface area contributed by atoms with Crippen LogP contribution in [0.25, 0.3) is 32.9 Å². The molecular formula is C34H32F3N5O2. The van der Waals surface area contributed by atoms with Crippen LogP contribution in [0.15, 0.2) is 24.3 Å². The summed E-state index contributed by atoms with van der Waals surface area (Å²) in [5, 5.41) is 11.9. The van der Waals surface area contributed by atoms with Gasteiger partial charge in [0.2, 0.25) is 0 Å². The lowest BCUT2D eigenvalue weighted by atomic mass is 9.95. The predicted octanol–water partition coefficient (Wildman–Crippen LogP) is 6.07. The maximum absolute atomic E-state index is 16.9. The summed E-state index contributed by atoms with van der Waals surface area (Å²) in [7, 11) is 0. The fraction of sp³-hybridized carbons (Fsp3) is 0.441. The number of piperidine rings is 1. The van der Waals surface area contributed by atoms with Crippen LogP contribution in [-0.4, -0.2) is 69.0 Å². The highest BCUT2D eigenvalue weighted by molar-refractivity contribution is 6.03. The molecule has 3 fully saturated rings. The van der Waals surface area contributed by atoms with Crippen LogP contribution in [0.1, 0.15) is 56.2 Å². The van der Waals surface area contributed by atoms with E-state index in [1.54, 1.807) is 0 Å². The molecule has 3 saturated heterocycles. The average molecular weight is 600 g/mol. The van der Waals surface area contributed by atoms with E-state index in [1.807, 2.05) is 0 Å². The fourth-order valence-corrected chi connectivity index (χ4v) is 8.12. The summed E-state index contributed by atoms with van der Waals surface area (Å²) in [6.07, 6.45) is 11.5. The maximum Gasteiger partial charge on any atom is 0.319 e. The number of pyridine rings is 1. The quantitative estimate of drug-likeness (QED) is 0.286. The van der Waals surface area contributed by atoms with Gasteiger partial charge in [0, 0.05) is 36.5 Å². The number of aromatic nitrogens is 3. The first-order valence-corrected chi connectivity index (χ1v) is 15.5. The van der Waals surface area contributed by atoms with Gasteiger partial charge in [-0.2, -0.15) is 9.97 Å². The smallest absolute Gasteiger partial charge is 0.319 e.